The number of fused-ring (bicyclic) bond motifs is 5. The summed E-state index contributed by atoms with van der Waals surface area (Å²) in [5.41, 5.74) is 7.46. The Morgan fingerprint density at radius 3 is 2.69 bits per heavy atom. The van der Waals surface area contributed by atoms with Crippen LogP contribution >= 0.6 is 0 Å². The Balaban J connectivity index is 1.74. The van der Waals surface area contributed by atoms with Crippen molar-refractivity contribution in [2.24, 2.45) is 0 Å². The van der Waals surface area contributed by atoms with E-state index in [1.165, 1.54) is 27.9 Å². The second-order valence-corrected chi connectivity index (χ2v) is 7.06. The molecule has 1 aromatic heterocycles. The average Bonchev–Trinajstić information content (AvgIpc) is 3.06. The molecule has 132 valence electrons. The number of ether oxygens (including phenoxy) is 1. The minimum Gasteiger partial charge on any atom is -0.497 e. The second kappa shape index (κ2) is 5.90. The Bertz CT molecular complexity index is 1020. The van der Waals surface area contributed by atoms with Crippen LogP contribution in [0, 0.1) is 5.82 Å². The lowest BCUT2D eigenvalue weighted by molar-refractivity contribution is 0.373. The zero-order valence-corrected chi connectivity index (χ0v) is 14.8. The zero-order valence-electron chi connectivity index (χ0n) is 14.8. The number of aromatic nitrogens is 1. The summed E-state index contributed by atoms with van der Waals surface area (Å²) < 4.78 is 18.8. The SMILES string of the molecule is COc1ccc2[nH]c3c(c2c1)CCN1CCCC(c2ccc(F)cc2)=C31. The Morgan fingerprint density at radius 2 is 1.88 bits per heavy atom. The Labute approximate surface area is 152 Å². The summed E-state index contributed by atoms with van der Waals surface area (Å²) in [5, 5.41) is 1.25. The highest BCUT2D eigenvalue weighted by molar-refractivity contribution is 5.97. The smallest absolute Gasteiger partial charge is 0.123 e. The van der Waals surface area contributed by atoms with Crippen LogP contribution in [0.2, 0.25) is 0 Å². The summed E-state index contributed by atoms with van der Waals surface area (Å²) in [7, 11) is 1.71. The number of benzene rings is 2. The van der Waals surface area contributed by atoms with Crippen molar-refractivity contribution in [3.63, 3.8) is 0 Å². The van der Waals surface area contributed by atoms with Gasteiger partial charge in [0.05, 0.1) is 18.5 Å². The number of halogens is 1. The van der Waals surface area contributed by atoms with Gasteiger partial charge in [-0.05, 0) is 66.3 Å². The number of aromatic amines is 1. The van der Waals surface area contributed by atoms with Crippen LogP contribution in [0.5, 0.6) is 5.75 Å². The summed E-state index contributed by atoms with van der Waals surface area (Å²) in [5.74, 6) is 0.701. The molecule has 0 bridgehead atoms. The molecule has 0 unspecified atom stereocenters. The fourth-order valence-corrected chi connectivity index (χ4v) is 4.39. The molecule has 3 aromatic rings. The van der Waals surface area contributed by atoms with E-state index < -0.39 is 0 Å². The largest absolute Gasteiger partial charge is 0.497 e. The van der Waals surface area contributed by atoms with Crippen molar-refractivity contribution in [3.05, 3.63) is 65.1 Å². The molecular formula is C22H21FN2O. The number of nitrogens with zero attached hydrogens (tertiary/aromatic N) is 1. The number of rotatable bonds is 2. The Kier molecular flexibility index (Phi) is 3.52. The van der Waals surface area contributed by atoms with Crippen molar-refractivity contribution in [1.82, 2.24) is 9.88 Å². The highest BCUT2D eigenvalue weighted by atomic mass is 19.1. The van der Waals surface area contributed by atoms with E-state index >= 15 is 0 Å². The van der Waals surface area contributed by atoms with Gasteiger partial charge in [0.1, 0.15) is 11.6 Å². The first kappa shape index (κ1) is 15.5. The van der Waals surface area contributed by atoms with Gasteiger partial charge in [0, 0.05) is 24.0 Å². The molecule has 0 saturated heterocycles. The van der Waals surface area contributed by atoms with E-state index in [0.717, 1.165) is 49.2 Å². The summed E-state index contributed by atoms with van der Waals surface area (Å²) in [6.07, 6.45) is 3.19. The molecular weight excluding hydrogens is 327 g/mol. The standard InChI is InChI=1S/C22H21FN2O/c1-26-16-8-9-20-19(13-16)18-10-12-25-11-2-3-17(22(25)21(18)24-20)14-4-6-15(23)7-5-14/h4-9,13,24H,2-3,10-12H2,1H3. The molecule has 2 aliphatic heterocycles. The number of H-pyrrole nitrogens is 1. The lowest BCUT2D eigenvalue weighted by Gasteiger charge is -2.37. The molecule has 4 heteroatoms. The van der Waals surface area contributed by atoms with Gasteiger partial charge in [-0.1, -0.05) is 12.1 Å². The van der Waals surface area contributed by atoms with Gasteiger partial charge in [-0.2, -0.15) is 0 Å². The molecule has 1 N–H and O–H groups in total. The quantitative estimate of drug-likeness (QED) is 0.718. The first-order chi connectivity index (χ1) is 12.7. The van der Waals surface area contributed by atoms with Gasteiger partial charge in [-0.25, -0.2) is 4.39 Å². The van der Waals surface area contributed by atoms with Gasteiger partial charge >= 0.3 is 0 Å². The Morgan fingerprint density at radius 1 is 1.04 bits per heavy atom. The second-order valence-electron chi connectivity index (χ2n) is 7.06. The zero-order chi connectivity index (χ0) is 17.7. The van der Waals surface area contributed by atoms with Crippen LogP contribution in [0.4, 0.5) is 4.39 Å². The molecule has 3 heterocycles. The predicted molar refractivity (Wildman–Crippen MR) is 103 cm³/mol. The third-order valence-electron chi connectivity index (χ3n) is 5.63. The van der Waals surface area contributed by atoms with Crippen LogP contribution in [0.1, 0.15) is 29.7 Å². The third-order valence-corrected chi connectivity index (χ3v) is 5.63. The van der Waals surface area contributed by atoms with Crippen molar-refractivity contribution in [2.45, 2.75) is 19.3 Å². The van der Waals surface area contributed by atoms with Crippen molar-refractivity contribution in [2.75, 3.05) is 20.2 Å². The van der Waals surface area contributed by atoms with Crippen LogP contribution in [0.3, 0.4) is 0 Å². The molecule has 0 spiro atoms. The number of hydrogen-bond donors (Lipinski definition) is 1. The molecule has 0 fully saturated rings. The normalized spacial score (nSPS) is 16.6. The summed E-state index contributed by atoms with van der Waals surface area (Å²) in [6, 6.07) is 13.1. The molecule has 0 radical (unpaired) electrons. The molecule has 26 heavy (non-hydrogen) atoms. The summed E-state index contributed by atoms with van der Waals surface area (Å²) >= 11 is 0. The van der Waals surface area contributed by atoms with Gasteiger partial charge in [0.15, 0.2) is 0 Å². The lowest BCUT2D eigenvalue weighted by atomic mass is 9.89. The minimum absolute atomic E-state index is 0.186. The number of methoxy groups -OCH3 is 1. The molecule has 2 aliphatic rings. The maximum absolute atomic E-state index is 13.4. The average molecular weight is 348 g/mol. The molecule has 0 aliphatic carbocycles. The van der Waals surface area contributed by atoms with Gasteiger partial charge in [0.2, 0.25) is 0 Å². The highest BCUT2D eigenvalue weighted by Crippen LogP contribution is 2.42. The van der Waals surface area contributed by atoms with E-state index in [4.69, 9.17) is 4.74 Å². The summed E-state index contributed by atoms with van der Waals surface area (Å²) in [6.45, 7) is 2.11. The molecule has 0 atom stereocenters. The van der Waals surface area contributed by atoms with Crippen molar-refractivity contribution >= 4 is 22.2 Å². The third kappa shape index (κ3) is 2.32. The molecule has 0 amide bonds. The first-order valence-corrected chi connectivity index (χ1v) is 9.17. The van der Waals surface area contributed by atoms with E-state index in [1.807, 2.05) is 18.2 Å². The monoisotopic (exact) mass is 348 g/mol. The van der Waals surface area contributed by atoms with Crippen LogP contribution in [0.15, 0.2) is 42.5 Å². The minimum atomic E-state index is -0.186. The number of nitrogens with one attached hydrogen (secondary N) is 1. The van der Waals surface area contributed by atoms with Crippen molar-refractivity contribution < 1.29 is 9.13 Å². The predicted octanol–water partition coefficient (Wildman–Crippen LogP) is 4.84. The van der Waals surface area contributed by atoms with Gasteiger partial charge in [-0.15, -0.1) is 0 Å². The van der Waals surface area contributed by atoms with Gasteiger partial charge in [0.25, 0.3) is 0 Å². The lowest BCUT2D eigenvalue weighted by Crippen LogP contribution is -2.33. The fourth-order valence-electron chi connectivity index (χ4n) is 4.39. The van der Waals surface area contributed by atoms with Gasteiger partial charge in [-0.3, -0.25) is 0 Å². The van der Waals surface area contributed by atoms with E-state index in [1.54, 1.807) is 19.2 Å². The topological polar surface area (TPSA) is 28.3 Å². The molecule has 2 aromatic carbocycles. The van der Waals surface area contributed by atoms with Crippen LogP contribution < -0.4 is 4.74 Å². The van der Waals surface area contributed by atoms with Gasteiger partial charge < -0.3 is 14.6 Å². The number of allylic oxidation sites excluding steroid dienone is 1. The Hall–Kier alpha value is -2.75. The molecule has 0 saturated carbocycles. The van der Waals surface area contributed by atoms with E-state index in [-0.39, 0.29) is 5.82 Å². The van der Waals surface area contributed by atoms with Crippen molar-refractivity contribution in [3.8, 4) is 5.75 Å². The van der Waals surface area contributed by atoms with Crippen LogP contribution in [0.25, 0.3) is 22.2 Å². The highest BCUT2D eigenvalue weighted by Gasteiger charge is 2.30. The van der Waals surface area contributed by atoms with Crippen LogP contribution in [-0.2, 0) is 6.42 Å². The van der Waals surface area contributed by atoms with E-state index in [9.17, 15) is 4.39 Å². The first-order valence-electron chi connectivity index (χ1n) is 9.17. The maximum Gasteiger partial charge on any atom is 0.123 e. The molecule has 5 rings (SSSR count). The number of hydrogen-bond acceptors (Lipinski definition) is 2. The van der Waals surface area contributed by atoms with Crippen LogP contribution in [-0.4, -0.2) is 30.1 Å². The fraction of sp³-hybridized carbons (Fsp3) is 0.273. The summed E-state index contributed by atoms with van der Waals surface area (Å²) in [4.78, 5) is 6.13. The maximum atomic E-state index is 13.4. The van der Waals surface area contributed by atoms with E-state index in [0.29, 0.717) is 0 Å². The molecule has 3 nitrogen and oxygen atoms in total. The van der Waals surface area contributed by atoms with Crippen molar-refractivity contribution in [1.29, 1.82) is 0 Å². The van der Waals surface area contributed by atoms with E-state index in [2.05, 4.69) is 22.0 Å².